The van der Waals surface area contributed by atoms with Crippen LogP contribution in [0.3, 0.4) is 0 Å². The molecule has 0 aliphatic rings. The smallest absolute Gasteiger partial charge is 0.161 e. The van der Waals surface area contributed by atoms with Crippen molar-refractivity contribution in [2.24, 2.45) is 9.98 Å². The van der Waals surface area contributed by atoms with Gasteiger partial charge in [-0.15, -0.1) is 0 Å². The number of pyridine rings is 1. The van der Waals surface area contributed by atoms with Crippen molar-refractivity contribution in [1.29, 1.82) is 0 Å². The van der Waals surface area contributed by atoms with Crippen LogP contribution in [-0.2, 0) is 0 Å². The van der Waals surface area contributed by atoms with Crippen molar-refractivity contribution < 1.29 is 13.2 Å². The van der Waals surface area contributed by atoms with Gasteiger partial charge in [0, 0.05) is 29.6 Å². The molecule has 130 valence electrons. The van der Waals surface area contributed by atoms with Crippen molar-refractivity contribution in [2.75, 3.05) is 0 Å². The summed E-state index contributed by atoms with van der Waals surface area (Å²) in [7, 11) is 0. The van der Waals surface area contributed by atoms with Gasteiger partial charge in [0.1, 0.15) is 5.82 Å². The van der Waals surface area contributed by atoms with Crippen LogP contribution in [0.1, 0.15) is 11.1 Å². The van der Waals surface area contributed by atoms with Gasteiger partial charge in [0.15, 0.2) is 17.5 Å². The van der Waals surface area contributed by atoms with Gasteiger partial charge in [0.25, 0.3) is 0 Å². The molecule has 0 fully saturated rings. The van der Waals surface area contributed by atoms with Crippen LogP contribution in [0.25, 0.3) is 11.1 Å². The molecule has 3 nitrogen and oxygen atoms in total. The minimum absolute atomic E-state index is 0.0168. The van der Waals surface area contributed by atoms with Gasteiger partial charge in [0.05, 0.1) is 5.69 Å². The van der Waals surface area contributed by atoms with E-state index in [0.29, 0.717) is 28.7 Å². The molecule has 0 saturated heterocycles. The van der Waals surface area contributed by atoms with Gasteiger partial charge in [-0.1, -0.05) is 6.07 Å². The maximum Gasteiger partial charge on any atom is 0.161 e. The molecule has 26 heavy (non-hydrogen) atoms. The second kappa shape index (κ2) is 7.31. The lowest BCUT2D eigenvalue weighted by molar-refractivity contribution is 0.496. The predicted molar refractivity (Wildman–Crippen MR) is 96.5 cm³/mol. The number of halogens is 3. The van der Waals surface area contributed by atoms with Crippen LogP contribution in [0.15, 0.2) is 64.8 Å². The van der Waals surface area contributed by atoms with E-state index >= 15 is 0 Å². The zero-order valence-electron chi connectivity index (χ0n) is 13.9. The van der Waals surface area contributed by atoms with Crippen LogP contribution >= 0.6 is 0 Å². The highest BCUT2D eigenvalue weighted by atomic mass is 19.2. The van der Waals surface area contributed by atoms with Gasteiger partial charge in [0.2, 0.25) is 0 Å². The highest BCUT2D eigenvalue weighted by Crippen LogP contribution is 2.30. The zero-order valence-corrected chi connectivity index (χ0v) is 13.9. The summed E-state index contributed by atoms with van der Waals surface area (Å²) in [6, 6.07) is 9.85. The van der Waals surface area contributed by atoms with E-state index in [9.17, 15) is 13.2 Å². The fraction of sp³-hybridized carbons (Fsp3) is 0.0500. The molecule has 0 atom stereocenters. The molecule has 0 amide bonds. The molecule has 2 aromatic carbocycles. The molecule has 0 unspecified atom stereocenters. The van der Waals surface area contributed by atoms with Crippen molar-refractivity contribution in [2.45, 2.75) is 6.92 Å². The summed E-state index contributed by atoms with van der Waals surface area (Å²) in [5, 5.41) is 0. The van der Waals surface area contributed by atoms with E-state index in [1.54, 1.807) is 49.6 Å². The Morgan fingerprint density at radius 3 is 2.42 bits per heavy atom. The van der Waals surface area contributed by atoms with Crippen LogP contribution in [0, 0.1) is 24.4 Å². The molecule has 0 radical (unpaired) electrons. The number of aryl methyl sites for hydroxylation is 1. The first-order valence-electron chi connectivity index (χ1n) is 7.71. The molecule has 1 heterocycles. The standard InChI is InChI=1S/C20H14F3N3/c1-12-8-13(15-9-17(22)18(23)10-16(15)21)5-6-19(12)26-20(24-2)14-4-3-7-25-11-14/h3-11H,2H2,1H3. The van der Waals surface area contributed by atoms with E-state index in [0.717, 1.165) is 11.6 Å². The summed E-state index contributed by atoms with van der Waals surface area (Å²) in [6.07, 6.45) is 3.26. The normalized spacial score (nSPS) is 11.5. The highest BCUT2D eigenvalue weighted by Gasteiger charge is 2.12. The van der Waals surface area contributed by atoms with Crippen molar-refractivity contribution >= 4 is 18.2 Å². The Hall–Kier alpha value is -3.28. The highest BCUT2D eigenvalue weighted by molar-refractivity contribution is 6.02. The molecule has 0 aliphatic heterocycles. The van der Waals surface area contributed by atoms with E-state index in [2.05, 4.69) is 21.7 Å². The largest absolute Gasteiger partial charge is 0.264 e. The molecular weight excluding hydrogens is 339 g/mol. The average molecular weight is 353 g/mol. The lowest BCUT2D eigenvalue weighted by atomic mass is 10.0. The maximum atomic E-state index is 14.0. The van der Waals surface area contributed by atoms with Gasteiger partial charge >= 0.3 is 0 Å². The first kappa shape index (κ1) is 17.5. The van der Waals surface area contributed by atoms with Crippen molar-refractivity contribution in [3.63, 3.8) is 0 Å². The summed E-state index contributed by atoms with van der Waals surface area (Å²) in [6.45, 7) is 5.30. The fourth-order valence-electron chi connectivity index (χ4n) is 2.49. The molecule has 0 spiro atoms. The summed E-state index contributed by atoms with van der Waals surface area (Å²) >= 11 is 0. The van der Waals surface area contributed by atoms with Gasteiger partial charge < -0.3 is 0 Å². The van der Waals surface area contributed by atoms with E-state index in [1.807, 2.05) is 0 Å². The molecule has 1 aromatic heterocycles. The second-order valence-corrected chi connectivity index (χ2v) is 5.58. The maximum absolute atomic E-state index is 14.0. The van der Waals surface area contributed by atoms with Gasteiger partial charge in [-0.25, -0.2) is 23.2 Å². The number of nitrogens with zero attached hydrogens (tertiary/aromatic N) is 3. The minimum Gasteiger partial charge on any atom is -0.264 e. The SMILES string of the molecule is C=NC(=Nc1ccc(-c2cc(F)c(F)cc2F)cc1C)c1cccnc1. The summed E-state index contributed by atoms with van der Waals surface area (Å²) < 4.78 is 40.5. The number of hydrogen-bond donors (Lipinski definition) is 0. The Bertz CT molecular complexity index is 999. The van der Waals surface area contributed by atoms with Gasteiger partial charge in [-0.3, -0.25) is 4.98 Å². The van der Waals surface area contributed by atoms with Crippen LogP contribution in [0.5, 0.6) is 0 Å². The summed E-state index contributed by atoms with van der Waals surface area (Å²) in [4.78, 5) is 12.4. The molecule has 0 bridgehead atoms. The van der Waals surface area contributed by atoms with Crippen molar-refractivity contribution in [3.05, 3.63) is 83.4 Å². The number of amidine groups is 1. The molecule has 3 rings (SSSR count). The first-order chi connectivity index (χ1) is 12.5. The Labute approximate surface area is 148 Å². The van der Waals surface area contributed by atoms with E-state index in [-0.39, 0.29) is 5.56 Å². The van der Waals surface area contributed by atoms with E-state index in [4.69, 9.17) is 0 Å². The third kappa shape index (κ3) is 3.54. The quantitative estimate of drug-likeness (QED) is 0.360. The molecule has 6 heteroatoms. The van der Waals surface area contributed by atoms with Crippen LogP contribution in [0.4, 0.5) is 18.9 Å². The number of aliphatic imine (C=N–C) groups is 2. The van der Waals surface area contributed by atoms with Gasteiger partial charge in [-0.2, -0.15) is 0 Å². The molecular formula is C20H14F3N3. The van der Waals surface area contributed by atoms with Crippen LogP contribution in [-0.4, -0.2) is 17.5 Å². The van der Waals surface area contributed by atoms with Crippen LogP contribution in [0.2, 0.25) is 0 Å². The third-order valence-corrected chi connectivity index (χ3v) is 3.81. The lowest BCUT2D eigenvalue weighted by Gasteiger charge is -2.08. The van der Waals surface area contributed by atoms with Crippen molar-refractivity contribution in [3.8, 4) is 11.1 Å². The topological polar surface area (TPSA) is 37.6 Å². The summed E-state index contributed by atoms with van der Waals surface area (Å²) in [5.41, 5.74) is 2.43. The molecule has 3 aromatic rings. The zero-order chi connectivity index (χ0) is 18.7. The van der Waals surface area contributed by atoms with Crippen LogP contribution < -0.4 is 0 Å². The number of aromatic nitrogens is 1. The van der Waals surface area contributed by atoms with Gasteiger partial charge in [-0.05, 0) is 55.1 Å². The lowest BCUT2D eigenvalue weighted by Crippen LogP contribution is -1.97. The Morgan fingerprint density at radius 1 is 1.00 bits per heavy atom. The number of hydrogen-bond acceptors (Lipinski definition) is 2. The summed E-state index contributed by atoms with van der Waals surface area (Å²) in [5.74, 6) is -2.76. The molecule has 0 N–H and O–H groups in total. The minimum atomic E-state index is -1.22. The fourth-order valence-corrected chi connectivity index (χ4v) is 2.49. The Kier molecular flexibility index (Phi) is 4.93. The molecule has 0 saturated carbocycles. The third-order valence-electron chi connectivity index (χ3n) is 3.81. The Morgan fingerprint density at radius 2 is 1.77 bits per heavy atom. The first-order valence-corrected chi connectivity index (χ1v) is 7.71. The van der Waals surface area contributed by atoms with Crippen molar-refractivity contribution in [1.82, 2.24) is 4.98 Å². The van der Waals surface area contributed by atoms with E-state index < -0.39 is 17.5 Å². The predicted octanol–water partition coefficient (Wildman–Crippen LogP) is 5.25. The van der Waals surface area contributed by atoms with E-state index in [1.165, 1.54) is 0 Å². The second-order valence-electron chi connectivity index (χ2n) is 5.58. The Balaban J connectivity index is 2.02. The number of rotatable bonds is 3. The molecule has 0 aliphatic carbocycles. The average Bonchev–Trinajstić information content (AvgIpc) is 2.64. The monoisotopic (exact) mass is 353 g/mol. The number of benzene rings is 2.